The van der Waals surface area contributed by atoms with Crippen molar-refractivity contribution < 1.29 is 19.4 Å². The second-order valence-electron chi connectivity index (χ2n) is 4.55. The number of carbonyl (C=O) groups excluding carboxylic acids is 1. The highest BCUT2D eigenvalue weighted by molar-refractivity contribution is 6.37. The molecule has 0 aliphatic heterocycles. The van der Waals surface area contributed by atoms with Gasteiger partial charge in [-0.2, -0.15) is 0 Å². The predicted octanol–water partition coefficient (Wildman–Crippen LogP) is 3.26. The average molecular weight is 344 g/mol. The molecule has 0 bridgehead atoms. The van der Waals surface area contributed by atoms with Crippen LogP contribution in [0.3, 0.4) is 0 Å². The van der Waals surface area contributed by atoms with Crippen molar-refractivity contribution in [2.24, 2.45) is 0 Å². The van der Waals surface area contributed by atoms with E-state index >= 15 is 0 Å². The van der Waals surface area contributed by atoms with Crippen LogP contribution in [-0.4, -0.2) is 16.1 Å². The van der Waals surface area contributed by atoms with E-state index in [0.29, 0.717) is 5.56 Å². The zero-order valence-electron chi connectivity index (χ0n) is 11.2. The maximum Gasteiger partial charge on any atom is 0.256 e. The summed E-state index contributed by atoms with van der Waals surface area (Å²) in [7, 11) is 0. The molecule has 0 radical (unpaired) electrons. The summed E-state index contributed by atoms with van der Waals surface area (Å²) in [6, 6.07) is 6.69. The minimum Gasteiger partial charge on any atom is -0.507 e. The lowest BCUT2D eigenvalue weighted by Gasteiger charge is -2.10. The van der Waals surface area contributed by atoms with E-state index in [-0.39, 0.29) is 33.5 Å². The summed E-state index contributed by atoms with van der Waals surface area (Å²) < 4.78 is 13.3. The largest absolute Gasteiger partial charge is 0.507 e. The summed E-state index contributed by atoms with van der Waals surface area (Å²) in [5, 5.41) is 21.5. The molecule has 0 spiro atoms. The van der Waals surface area contributed by atoms with Crippen molar-refractivity contribution in [3.63, 3.8) is 0 Å². The molecule has 2 aromatic rings. The van der Waals surface area contributed by atoms with Crippen molar-refractivity contribution in [3.05, 3.63) is 62.9 Å². The molecule has 0 aromatic heterocycles. The third-order valence-electron chi connectivity index (χ3n) is 2.99. The van der Waals surface area contributed by atoms with Crippen LogP contribution in [0.15, 0.2) is 30.3 Å². The minimum atomic E-state index is -0.589. The van der Waals surface area contributed by atoms with E-state index in [2.05, 4.69) is 5.32 Å². The van der Waals surface area contributed by atoms with Crippen LogP contribution in [0.1, 0.15) is 21.5 Å². The molecule has 0 saturated carbocycles. The van der Waals surface area contributed by atoms with Gasteiger partial charge >= 0.3 is 0 Å². The number of hydrogen-bond acceptors (Lipinski definition) is 3. The molecule has 22 heavy (non-hydrogen) atoms. The number of phenols is 1. The number of aromatic hydroxyl groups is 1. The Morgan fingerprint density at radius 2 is 1.95 bits per heavy atom. The fraction of sp³-hybridized carbons (Fsp3) is 0.133. The Morgan fingerprint density at radius 3 is 2.59 bits per heavy atom. The van der Waals surface area contributed by atoms with E-state index in [9.17, 15) is 14.3 Å². The van der Waals surface area contributed by atoms with Gasteiger partial charge in [0.05, 0.1) is 17.2 Å². The smallest absolute Gasteiger partial charge is 0.256 e. The highest BCUT2D eigenvalue weighted by Crippen LogP contribution is 2.29. The van der Waals surface area contributed by atoms with Gasteiger partial charge in [-0.3, -0.25) is 4.79 Å². The van der Waals surface area contributed by atoms with Crippen LogP contribution in [0, 0.1) is 5.82 Å². The molecule has 0 fully saturated rings. The molecule has 1 amide bonds. The quantitative estimate of drug-likeness (QED) is 0.797. The van der Waals surface area contributed by atoms with E-state index in [1.54, 1.807) is 0 Å². The van der Waals surface area contributed by atoms with Crippen LogP contribution in [-0.2, 0) is 13.2 Å². The normalized spacial score (nSPS) is 10.5. The molecule has 7 heteroatoms. The lowest BCUT2D eigenvalue weighted by Crippen LogP contribution is -2.23. The summed E-state index contributed by atoms with van der Waals surface area (Å²) in [5.74, 6) is -1.44. The monoisotopic (exact) mass is 343 g/mol. The topological polar surface area (TPSA) is 69.6 Å². The summed E-state index contributed by atoms with van der Waals surface area (Å²) in [5.41, 5.74) is 0.651. The summed E-state index contributed by atoms with van der Waals surface area (Å²) in [4.78, 5) is 12.1. The number of carbonyl (C=O) groups is 1. The molecule has 3 N–H and O–H groups in total. The molecule has 0 unspecified atom stereocenters. The second kappa shape index (κ2) is 6.96. The van der Waals surface area contributed by atoms with Crippen LogP contribution in [0.25, 0.3) is 0 Å². The highest BCUT2D eigenvalue weighted by Gasteiger charge is 2.16. The maximum atomic E-state index is 13.3. The summed E-state index contributed by atoms with van der Waals surface area (Å²) in [6.07, 6.45) is 0. The van der Waals surface area contributed by atoms with Crippen LogP contribution in [0.4, 0.5) is 4.39 Å². The van der Waals surface area contributed by atoms with Crippen LogP contribution < -0.4 is 5.32 Å². The maximum absolute atomic E-state index is 13.3. The number of nitrogens with one attached hydrogen (secondary N) is 1. The van der Waals surface area contributed by atoms with Gasteiger partial charge in [-0.25, -0.2) is 4.39 Å². The zero-order chi connectivity index (χ0) is 16.3. The number of rotatable bonds is 4. The van der Waals surface area contributed by atoms with Crippen LogP contribution >= 0.6 is 23.2 Å². The van der Waals surface area contributed by atoms with E-state index in [4.69, 9.17) is 28.3 Å². The highest BCUT2D eigenvalue weighted by atomic mass is 35.5. The van der Waals surface area contributed by atoms with Crippen molar-refractivity contribution >= 4 is 29.1 Å². The van der Waals surface area contributed by atoms with Crippen molar-refractivity contribution in [1.29, 1.82) is 0 Å². The van der Waals surface area contributed by atoms with Crippen LogP contribution in [0.2, 0.25) is 10.0 Å². The molecule has 0 heterocycles. The molecule has 4 nitrogen and oxygen atoms in total. The fourth-order valence-corrected chi connectivity index (χ4v) is 2.48. The van der Waals surface area contributed by atoms with Crippen molar-refractivity contribution in [2.45, 2.75) is 13.2 Å². The van der Waals surface area contributed by atoms with E-state index in [1.165, 1.54) is 30.3 Å². The number of halogens is 3. The first-order chi connectivity index (χ1) is 10.4. The van der Waals surface area contributed by atoms with Crippen molar-refractivity contribution in [1.82, 2.24) is 5.32 Å². The fourth-order valence-electron chi connectivity index (χ4n) is 1.91. The summed E-state index contributed by atoms with van der Waals surface area (Å²) >= 11 is 11.6. The number of aliphatic hydroxyl groups is 1. The standard InChI is InChI=1S/C15H12Cl2FNO3/c16-10-4-11(17)14(13(21)5-10)15(22)19-6-8-1-2-12(18)9(3-8)7-20/h1-5,20-21H,6-7H2,(H,19,22). The van der Waals surface area contributed by atoms with Gasteiger partial charge in [0.1, 0.15) is 11.6 Å². The van der Waals surface area contributed by atoms with Gasteiger partial charge in [0.2, 0.25) is 0 Å². The number of benzene rings is 2. The zero-order valence-corrected chi connectivity index (χ0v) is 12.7. The Bertz CT molecular complexity index is 699. The Kier molecular flexibility index (Phi) is 5.24. The summed E-state index contributed by atoms with van der Waals surface area (Å²) in [6.45, 7) is -0.345. The van der Waals surface area contributed by atoms with Gasteiger partial charge in [0, 0.05) is 17.1 Å². The Labute approximate surface area is 136 Å². The van der Waals surface area contributed by atoms with Gasteiger partial charge in [-0.15, -0.1) is 0 Å². The molecule has 0 saturated heterocycles. The third kappa shape index (κ3) is 3.68. The van der Waals surface area contributed by atoms with Gasteiger partial charge in [0.25, 0.3) is 5.91 Å². The van der Waals surface area contributed by atoms with Crippen LogP contribution in [0.5, 0.6) is 5.75 Å². The van der Waals surface area contributed by atoms with Crippen molar-refractivity contribution in [2.75, 3.05) is 0 Å². The molecule has 116 valence electrons. The molecule has 0 atom stereocenters. The van der Waals surface area contributed by atoms with Gasteiger partial charge in [-0.05, 0) is 29.8 Å². The lowest BCUT2D eigenvalue weighted by molar-refractivity contribution is 0.0948. The van der Waals surface area contributed by atoms with Crippen molar-refractivity contribution in [3.8, 4) is 5.75 Å². The minimum absolute atomic E-state index is 0.0256. The Balaban J connectivity index is 2.14. The first-order valence-corrected chi connectivity index (χ1v) is 7.02. The Morgan fingerprint density at radius 1 is 1.23 bits per heavy atom. The molecular formula is C15H12Cl2FNO3. The van der Waals surface area contributed by atoms with E-state index < -0.39 is 18.3 Å². The SMILES string of the molecule is O=C(NCc1ccc(F)c(CO)c1)c1c(O)cc(Cl)cc1Cl. The number of amides is 1. The molecule has 0 aliphatic carbocycles. The first kappa shape index (κ1) is 16.5. The number of hydrogen-bond donors (Lipinski definition) is 3. The Hall–Kier alpha value is -1.82. The first-order valence-electron chi connectivity index (χ1n) is 6.26. The second-order valence-corrected chi connectivity index (χ2v) is 5.39. The molecule has 2 aromatic carbocycles. The molecule has 0 aliphatic rings. The lowest BCUT2D eigenvalue weighted by atomic mass is 10.1. The van der Waals surface area contributed by atoms with Gasteiger partial charge < -0.3 is 15.5 Å². The third-order valence-corrected chi connectivity index (χ3v) is 3.51. The van der Waals surface area contributed by atoms with Gasteiger partial charge in [0.15, 0.2) is 0 Å². The average Bonchev–Trinajstić information content (AvgIpc) is 2.45. The number of aliphatic hydroxyl groups excluding tert-OH is 1. The molecular weight excluding hydrogens is 332 g/mol. The number of phenolic OH excluding ortho intramolecular Hbond substituents is 1. The van der Waals surface area contributed by atoms with E-state index in [0.717, 1.165) is 0 Å². The van der Waals surface area contributed by atoms with Gasteiger partial charge in [-0.1, -0.05) is 29.3 Å². The van der Waals surface area contributed by atoms with E-state index in [1.807, 2.05) is 0 Å². The predicted molar refractivity (Wildman–Crippen MR) is 81.6 cm³/mol. The molecule has 2 rings (SSSR count).